The average molecular weight is 407 g/mol. The summed E-state index contributed by atoms with van der Waals surface area (Å²) < 4.78 is 0.698. The van der Waals surface area contributed by atoms with E-state index in [1.54, 1.807) is 0 Å². The monoisotopic (exact) mass is 406 g/mol. The molecule has 0 fully saturated rings. The van der Waals surface area contributed by atoms with Crippen LogP contribution in [0.3, 0.4) is 0 Å². The number of benzene rings is 2. The average Bonchev–Trinajstić information content (AvgIpc) is 3.15. The maximum absolute atomic E-state index is 13.3. The van der Waals surface area contributed by atoms with E-state index in [1.165, 1.54) is 11.3 Å². The van der Waals surface area contributed by atoms with Gasteiger partial charge in [-0.15, -0.1) is 11.3 Å². The van der Waals surface area contributed by atoms with E-state index in [-0.39, 0.29) is 5.91 Å². The third-order valence-corrected chi connectivity index (χ3v) is 6.02. The van der Waals surface area contributed by atoms with Gasteiger partial charge in [0.05, 0.1) is 26.0 Å². The molecule has 5 heteroatoms. The topological polar surface area (TPSA) is 42.0 Å². The first-order valence-corrected chi connectivity index (χ1v) is 10.3. The molecule has 1 amide bonds. The number of carbonyl (C=O) groups excluding carboxylic acids is 1. The van der Waals surface area contributed by atoms with Gasteiger partial charge in [-0.1, -0.05) is 54.9 Å². The van der Waals surface area contributed by atoms with E-state index in [0.717, 1.165) is 44.7 Å². The molecule has 0 aliphatic carbocycles. The lowest BCUT2D eigenvalue weighted by molar-refractivity contribution is 0.102. The van der Waals surface area contributed by atoms with E-state index in [9.17, 15) is 4.79 Å². The molecule has 0 saturated heterocycles. The van der Waals surface area contributed by atoms with Gasteiger partial charge in [0.25, 0.3) is 5.91 Å². The van der Waals surface area contributed by atoms with Crippen molar-refractivity contribution in [1.82, 2.24) is 4.98 Å². The molecular weight excluding hydrogens is 388 g/mol. The van der Waals surface area contributed by atoms with Gasteiger partial charge in [0, 0.05) is 11.1 Å². The second kappa shape index (κ2) is 7.74. The van der Waals surface area contributed by atoms with E-state index in [0.29, 0.717) is 9.90 Å². The van der Waals surface area contributed by atoms with Gasteiger partial charge in [-0.2, -0.15) is 0 Å². The first kappa shape index (κ1) is 18.7. The fourth-order valence-corrected chi connectivity index (χ4v) is 4.33. The van der Waals surface area contributed by atoms with Crippen LogP contribution < -0.4 is 5.32 Å². The fraction of sp³-hybridized carbons (Fsp3) is 0.130. The smallest absolute Gasteiger partial charge is 0.256 e. The predicted octanol–water partition coefficient (Wildman–Crippen LogP) is 6.74. The number of nitrogens with one attached hydrogen (secondary N) is 1. The lowest BCUT2D eigenvalue weighted by atomic mass is 10.0. The van der Waals surface area contributed by atoms with Gasteiger partial charge >= 0.3 is 0 Å². The molecule has 2 aromatic carbocycles. The Kier molecular flexibility index (Phi) is 5.16. The van der Waals surface area contributed by atoms with Crippen molar-refractivity contribution in [3.63, 3.8) is 0 Å². The zero-order valence-electron chi connectivity index (χ0n) is 15.6. The molecule has 0 saturated carbocycles. The highest BCUT2D eigenvalue weighted by Gasteiger charge is 2.16. The molecule has 0 spiro atoms. The number of hydrogen-bond acceptors (Lipinski definition) is 3. The molecule has 4 aromatic rings. The minimum atomic E-state index is -0.133. The normalized spacial score (nSPS) is 11.0. The maximum atomic E-state index is 13.3. The number of hydrogen-bond donors (Lipinski definition) is 1. The third-order valence-electron chi connectivity index (χ3n) is 4.76. The first-order chi connectivity index (χ1) is 13.6. The van der Waals surface area contributed by atoms with Gasteiger partial charge in [-0.25, -0.2) is 4.98 Å². The van der Waals surface area contributed by atoms with Crippen molar-refractivity contribution in [3.05, 3.63) is 81.7 Å². The summed E-state index contributed by atoms with van der Waals surface area (Å²) in [6.45, 7) is 4.10. The molecule has 140 valence electrons. The Labute approximate surface area is 173 Å². The molecule has 0 unspecified atom stereocenters. The van der Waals surface area contributed by atoms with Crippen LogP contribution in [0, 0.1) is 6.92 Å². The minimum Gasteiger partial charge on any atom is -0.321 e. The van der Waals surface area contributed by atoms with Gasteiger partial charge in [-0.3, -0.25) is 4.79 Å². The van der Waals surface area contributed by atoms with Crippen LogP contribution in [0.4, 0.5) is 5.69 Å². The van der Waals surface area contributed by atoms with Gasteiger partial charge < -0.3 is 5.32 Å². The zero-order chi connectivity index (χ0) is 19.7. The largest absolute Gasteiger partial charge is 0.321 e. The van der Waals surface area contributed by atoms with E-state index >= 15 is 0 Å². The van der Waals surface area contributed by atoms with Crippen LogP contribution in [0.15, 0.2) is 60.7 Å². The molecule has 28 heavy (non-hydrogen) atoms. The summed E-state index contributed by atoms with van der Waals surface area (Å²) in [7, 11) is 0. The number of carbonyl (C=O) groups is 1. The van der Waals surface area contributed by atoms with Crippen molar-refractivity contribution < 1.29 is 4.79 Å². The Bertz CT molecular complexity index is 1180. The highest BCUT2D eigenvalue weighted by Crippen LogP contribution is 2.33. The Morgan fingerprint density at radius 3 is 2.68 bits per heavy atom. The number of halogens is 1. The maximum Gasteiger partial charge on any atom is 0.256 e. The van der Waals surface area contributed by atoms with Crippen molar-refractivity contribution in [1.29, 1.82) is 0 Å². The first-order valence-electron chi connectivity index (χ1n) is 9.12. The summed E-state index contributed by atoms with van der Waals surface area (Å²) in [5.41, 5.74) is 5.21. The number of aryl methyl sites for hydroxylation is 2. The number of thiophene rings is 1. The molecule has 1 N–H and O–H groups in total. The summed E-state index contributed by atoms with van der Waals surface area (Å²) in [5, 5.41) is 3.96. The van der Waals surface area contributed by atoms with Gasteiger partial charge in [0.15, 0.2) is 0 Å². The summed E-state index contributed by atoms with van der Waals surface area (Å²) in [6, 6.07) is 19.4. The highest BCUT2D eigenvalue weighted by molar-refractivity contribution is 7.19. The van der Waals surface area contributed by atoms with Crippen LogP contribution in [0.25, 0.3) is 21.5 Å². The number of amides is 1. The van der Waals surface area contributed by atoms with Crippen LogP contribution in [-0.2, 0) is 6.42 Å². The molecule has 3 nitrogen and oxygen atoms in total. The molecular formula is C23H19ClN2OS. The van der Waals surface area contributed by atoms with Gasteiger partial charge in [0.1, 0.15) is 0 Å². The van der Waals surface area contributed by atoms with Crippen molar-refractivity contribution in [3.8, 4) is 10.6 Å². The SMILES string of the molecule is CCc1cccc(C)c1NC(=O)c1cc(-c2ccc(Cl)s2)nc2ccccc12. The Hall–Kier alpha value is -2.69. The number of para-hydroxylation sites is 2. The van der Waals surface area contributed by atoms with Crippen LogP contribution in [0.1, 0.15) is 28.4 Å². The summed E-state index contributed by atoms with van der Waals surface area (Å²) in [6.07, 6.45) is 0.854. The van der Waals surface area contributed by atoms with Gasteiger partial charge in [0.2, 0.25) is 0 Å². The Morgan fingerprint density at radius 2 is 1.93 bits per heavy atom. The lowest BCUT2D eigenvalue weighted by Gasteiger charge is -2.14. The second-order valence-electron chi connectivity index (χ2n) is 6.59. The van der Waals surface area contributed by atoms with Crippen molar-refractivity contribution >= 4 is 45.4 Å². The van der Waals surface area contributed by atoms with Crippen LogP contribution in [0.5, 0.6) is 0 Å². The number of aromatic nitrogens is 1. The molecule has 0 aliphatic heterocycles. The molecule has 2 aromatic heterocycles. The van der Waals surface area contributed by atoms with E-state index in [4.69, 9.17) is 16.6 Å². The van der Waals surface area contributed by atoms with Crippen molar-refractivity contribution in [2.24, 2.45) is 0 Å². The predicted molar refractivity (Wildman–Crippen MR) is 119 cm³/mol. The molecule has 0 radical (unpaired) electrons. The van der Waals surface area contributed by atoms with E-state index in [1.807, 2.05) is 67.6 Å². The molecule has 4 rings (SSSR count). The lowest BCUT2D eigenvalue weighted by Crippen LogP contribution is -2.15. The van der Waals surface area contributed by atoms with Gasteiger partial charge in [-0.05, 0) is 48.7 Å². The zero-order valence-corrected chi connectivity index (χ0v) is 17.2. The summed E-state index contributed by atoms with van der Waals surface area (Å²) in [5.74, 6) is -0.133. The molecule has 2 heterocycles. The number of rotatable bonds is 4. The second-order valence-corrected chi connectivity index (χ2v) is 8.31. The van der Waals surface area contributed by atoms with Crippen LogP contribution in [-0.4, -0.2) is 10.9 Å². The van der Waals surface area contributed by atoms with Crippen LogP contribution >= 0.6 is 22.9 Å². The fourth-order valence-electron chi connectivity index (χ4n) is 3.32. The van der Waals surface area contributed by atoms with E-state index < -0.39 is 0 Å². The highest BCUT2D eigenvalue weighted by atomic mass is 35.5. The summed E-state index contributed by atoms with van der Waals surface area (Å²) >= 11 is 7.55. The van der Waals surface area contributed by atoms with Crippen LogP contribution in [0.2, 0.25) is 4.34 Å². The quantitative estimate of drug-likeness (QED) is 0.407. The third kappa shape index (κ3) is 3.53. The standard InChI is InChI=1S/C23H19ClN2OS/c1-3-15-8-6-7-14(2)22(15)26-23(27)17-13-19(20-11-12-21(24)28-20)25-18-10-5-4-9-16(17)18/h4-13H,3H2,1-2H3,(H,26,27). The number of nitrogens with zero attached hydrogens (tertiary/aromatic N) is 1. The number of anilines is 1. The molecule has 0 aliphatic rings. The van der Waals surface area contributed by atoms with Crippen molar-refractivity contribution in [2.45, 2.75) is 20.3 Å². The minimum absolute atomic E-state index is 0.133. The Morgan fingerprint density at radius 1 is 1.11 bits per heavy atom. The van der Waals surface area contributed by atoms with Crippen molar-refractivity contribution in [2.75, 3.05) is 5.32 Å². The molecule has 0 atom stereocenters. The number of pyridine rings is 1. The number of fused-ring (bicyclic) bond motifs is 1. The molecule has 0 bridgehead atoms. The summed E-state index contributed by atoms with van der Waals surface area (Å²) in [4.78, 5) is 18.9. The Balaban J connectivity index is 1.82. The van der Waals surface area contributed by atoms with E-state index in [2.05, 4.69) is 12.2 Å².